The second-order valence-electron chi connectivity index (χ2n) is 10.9. The molecule has 2 fully saturated rings. The van der Waals surface area contributed by atoms with Crippen LogP contribution in [0.25, 0.3) is 22.4 Å². The number of carboxylic acids is 1. The van der Waals surface area contributed by atoms with E-state index in [2.05, 4.69) is 4.98 Å². The molecule has 3 aromatic rings. The molecule has 1 unspecified atom stereocenters. The Labute approximate surface area is 239 Å². The van der Waals surface area contributed by atoms with Gasteiger partial charge in [-0.05, 0) is 43.7 Å². The van der Waals surface area contributed by atoms with Gasteiger partial charge in [-0.1, -0.05) is 49.9 Å². The number of hydrogen-bond donors (Lipinski definition) is 1. The van der Waals surface area contributed by atoms with Gasteiger partial charge < -0.3 is 14.6 Å². The van der Waals surface area contributed by atoms with Crippen molar-refractivity contribution in [3.05, 3.63) is 48.0 Å². The lowest BCUT2D eigenvalue weighted by molar-refractivity contribution is -0.141. The molecule has 2 aliphatic rings. The molecule has 40 heavy (non-hydrogen) atoms. The SMILES string of the molecule is CO[C@@H](C)COc1ccc(-c2ccccc2-c2csc(N(C(=O)C(CC(=O)O)CC3CCCC3)C3CC3)n2)cn1. The molecule has 2 aromatic heterocycles. The number of ether oxygens (including phenoxy) is 2. The van der Waals surface area contributed by atoms with Gasteiger partial charge in [-0.3, -0.25) is 14.5 Å². The summed E-state index contributed by atoms with van der Waals surface area (Å²) < 4.78 is 10.9. The van der Waals surface area contributed by atoms with Crippen molar-refractivity contribution in [2.45, 2.75) is 70.4 Å². The van der Waals surface area contributed by atoms with Crippen LogP contribution < -0.4 is 9.64 Å². The summed E-state index contributed by atoms with van der Waals surface area (Å²) in [4.78, 5) is 36.7. The molecule has 2 aliphatic carbocycles. The van der Waals surface area contributed by atoms with Crippen molar-refractivity contribution in [3.63, 3.8) is 0 Å². The van der Waals surface area contributed by atoms with E-state index in [1.807, 2.05) is 48.7 Å². The van der Waals surface area contributed by atoms with E-state index in [1.54, 1.807) is 18.2 Å². The Morgan fingerprint density at radius 2 is 1.85 bits per heavy atom. The Kier molecular flexibility index (Phi) is 9.11. The van der Waals surface area contributed by atoms with Gasteiger partial charge in [0, 0.05) is 47.8 Å². The Morgan fingerprint density at radius 1 is 1.10 bits per heavy atom. The van der Waals surface area contributed by atoms with Gasteiger partial charge >= 0.3 is 5.97 Å². The number of benzene rings is 1. The predicted molar refractivity (Wildman–Crippen MR) is 156 cm³/mol. The Morgan fingerprint density at radius 3 is 2.50 bits per heavy atom. The number of methoxy groups -OCH3 is 1. The van der Waals surface area contributed by atoms with Crippen molar-refractivity contribution in [2.75, 3.05) is 18.6 Å². The minimum Gasteiger partial charge on any atom is -0.481 e. The van der Waals surface area contributed by atoms with E-state index in [-0.39, 0.29) is 24.5 Å². The zero-order valence-corrected chi connectivity index (χ0v) is 23.9. The average molecular weight is 564 g/mol. The first-order valence-electron chi connectivity index (χ1n) is 14.1. The zero-order valence-electron chi connectivity index (χ0n) is 23.1. The highest BCUT2D eigenvalue weighted by molar-refractivity contribution is 7.14. The molecule has 0 bridgehead atoms. The maximum atomic E-state index is 13.8. The highest BCUT2D eigenvalue weighted by Crippen LogP contribution is 2.40. The van der Waals surface area contributed by atoms with Crippen LogP contribution >= 0.6 is 11.3 Å². The van der Waals surface area contributed by atoms with Crippen LogP contribution in [0, 0.1) is 11.8 Å². The fourth-order valence-electron chi connectivity index (χ4n) is 5.44. The van der Waals surface area contributed by atoms with Gasteiger partial charge in [0.2, 0.25) is 11.8 Å². The van der Waals surface area contributed by atoms with Crippen molar-refractivity contribution >= 4 is 28.3 Å². The lowest BCUT2D eigenvalue weighted by Gasteiger charge is -2.26. The number of aromatic nitrogens is 2. The number of carboxylic acid groups (broad SMARTS) is 1. The smallest absolute Gasteiger partial charge is 0.304 e. The summed E-state index contributed by atoms with van der Waals surface area (Å²) in [7, 11) is 1.65. The summed E-state index contributed by atoms with van der Waals surface area (Å²) in [5.41, 5.74) is 3.65. The number of aliphatic carboxylic acids is 1. The topological polar surface area (TPSA) is 102 Å². The number of carbonyl (C=O) groups excluding carboxylic acids is 1. The largest absolute Gasteiger partial charge is 0.481 e. The molecule has 212 valence electrons. The van der Waals surface area contributed by atoms with E-state index in [1.165, 1.54) is 24.2 Å². The van der Waals surface area contributed by atoms with Gasteiger partial charge in [0.1, 0.15) is 6.61 Å². The van der Waals surface area contributed by atoms with Crippen LogP contribution in [0.5, 0.6) is 5.88 Å². The lowest BCUT2D eigenvalue weighted by Crippen LogP contribution is -2.39. The summed E-state index contributed by atoms with van der Waals surface area (Å²) >= 11 is 1.44. The maximum absolute atomic E-state index is 13.8. The van der Waals surface area contributed by atoms with Crippen molar-refractivity contribution in [3.8, 4) is 28.3 Å². The molecule has 0 radical (unpaired) electrons. The fraction of sp³-hybridized carbons (Fsp3) is 0.484. The Bertz CT molecular complexity index is 1300. The Hall–Kier alpha value is -3.30. The van der Waals surface area contributed by atoms with Crippen molar-refractivity contribution in [2.24, 2.45) is 11.8 Å². The minimum atomic E-state index is -0.918. The monoisotopic (exact) mass is 563 g/mol. The fourth-order valence-corrected chi connectivity index (χ4v) is 6.34. The molecular formula is C31H37N3O5S. The molecule has 8 nitrogen and oxygen atoms in total. The van der Waals surface area contributed by atoms with E-state index >= 15 is 0 Å². The van der Waals surface area contributed by atoms with Crippen LogP contribution in [-0.2, 0) is 14.3 Å². The third-order valence-corrected chi connectivity index (χ3v) is 8.67. The van der Waals surface area contributed by atoms with Crippen molar-refractivity contribution in [1.82, 2.24) is 9.97 Å². The number of nitrogens with zero attached hydrogens (tertiary/aromatic N) is 3. The molecule has 1 amide bonds. The molecule has 0 spiro atoms. The number of rotatable bonds is 13. The molecule has 2 saturated carbocycles. The molecule has 0 saturated heterocycles. The van der Waals surface area contributed by atoms with E-state index in [4.69, 9.17) is 14.5 Å². The van der Waals surface area contributed by atoms with E-state index in [0.29, 0.717) is 30.0 Å². The van der Waals surface area contributed by atoms with Crippen LogP contribution in [0.15, 0.2) is 48.0 Å². The number of hydrogen-bond acceptors (Lipinski definition) is 7. The van der Waals surface area contributed by atoms with Gasteiger partial charge in [0.15, 0.2) is 5.13 Å². The maximum Gasteiger partial charge on any atom is 0.304 e. The number of thiazole rings is 1. The second kappa shape index (κ2) is 12.9. The number of amides is 1. The van der Waals surface area contributed by atoms with Crippen LogP contribution in [0.2, 0.25) is 0 Å². The van der Waals surface area contributed by atoms with Gasteiger partial charge in [-0.15, -0.1) is 11.3 Å². The van der Waals surface area contributed by atoms with Crippen molar-refractivity contribution < 1.29 is 24.2 Å². The molecule has 1 aromatic carbocycles. The van der Waals surface area contributed by atoms with Crippen LogP contribution in [0.4, 0.5) is 5.13 Å². The zero-order chi connectivity index (χ0) is 28.1. The molecule has 5 rings (SSSR count). The summed E-state index contributed by atoms with van der Waals surface area (Å²) in [5.74, 6) is -0.554. The normalized spacial score (nSPS) is 16.9. The third kappa shape index (κ3) is 6.88. The molecule has 9 heteroatoms. The van der Waals surface area contributed by atoms with Gasteiger partial charge in [-0.2, -0.15) is 0 Å². The van der Waals surface area contributed by atoms with Crippen molar-refractivity contribution in [1.29, 1.82) is 0 Å². The summed E-state index contributed by atoms with van der Waals surface area (Å²) in [6.07, 6.45) is 8.62. The Balaban J connectivity index is 1.37. The third-order valence-electron chi connectivity index (χ3n) is 7.83. The highest BCUT2D eigenvalue weighted by Gasteiger charge is 2.40. The molecular weight excluding hydrogens is 526 g/mol. The van der Waals surface area contributed by atoms with Gasteiger partial charge in [0.05, 0.1) is 18.2 Å². The number of pyridine rings is 1. The molecule has 0 aliphatic heterocycles. The van der Waals surface area contributed by atoms with Gasteiger partial charge in [-0.25, -0.2) is 9.97 Å². The predicted octanol–water partition coefficient (Wildman–Crippen LogP) is 6.45. The van der Waals surface area contributed by atoms with E-state index in [0.717, 1.165) is 48.1 Å². The summed E-state index contributed by atoms with van der Waals surface area (Å²) in [6, 6.07) is 11.9. The standard InChI is InChI=1S/C31H37N3O5S/c1-20(38-2)18-39-28-14-11-22(17-32-28)25-9-5-6-10-26(25)27-19-40-31(33-27)34(24-12-13-24)30(37)23(16-29(35)36)15-21-7-3-4-8-21/h5-6,9-11,14,17,19-21,23-24H,3-4,7-8,12-13,15-16,18H2,1-2H3,(H,35,36)/t20-,23?/m0/s1. The average Bonchev–Trinajstić information content (AvgIpc) is 3.43. The second-order valence-corrected chi connectivity index (χ2v) is 11.8. The van der Waals surface area contributed by atoms with E-state index < -0.39 is 11.9 Å². The quantitative estimate of drug-likeness (QED) is 0.255. The lowest BCUT2D eigenvalue weighted by atomic mass is 9.90. The van der Waals surface area contributed by atoms with E-state index in [9.17, 15) is 14.7 Å². The molecule has 2 atom stereocenters. The number of anilines is 1. The number of carbonyl (C=O) groups is 2. The van der Waals surface area contributed by atoms with Crippen LogP contribution in [0.3, 0.4) is 0 Å². The first kappa shape index (κ1) is 28.2. The minimum absolute atomic E-state index is 0.0229. The summed E-state index contributed by atoms with van der Waals surface area (Å²) in [5, 5.41) is 12.2. The molecule has 2 heterocycles. The van der Waals surface area contributed by atoms with Crippen LogP contribution in [-0.4, -0.2) is 52.8 Å². The van der Waals surface area contributed by atoms with Crippen LogP contribution in [0.1, 0.15) is 58.3 Å². The van der Waals surface area contributed by atoms with Gasteiger partial charge in [0.25, 0.3) is 0 Å². The first-order valence-corrected chi connectivity index (χ1v) is 15.0. The summed E-state index contributed by atoms with van der Waals surface area (Å²) in [6.45, 7) is 2.36. The first-order chi connectivity index (χ1) is 19.4. The highest BCUT2D eigenvalue weighted by atomic mass is 32.1. The molecule has 1 N–H and O–H groups in total.